The molecule has 1 aromatic carbocycles. The van der Waals surface area contributed by atoms with Gasteiger partial charge in [0, 0.05) is 43.3 Å². The molecule has 1 aromatic heterocycles. The maximum Gasteiger partial charge on any atom is 0.417 e. The fraction of sp³-hybridized carbons (Fsp3) is 0.389. The van der Waals surface area contributed by atoms with Crippen LogP contribution in [0.1, 0.15) is 16.0 Å². The average Bonchev–Trinajstić information content (AvgIpc) is 3.13. The van der Waals surface area contributed by atoms with Gasteiger partial charge in [0.2, 0.25) is 0 Å². The number of nitrogens with zero attached hydrogens (tertiary/aromatic N) is 3. The lowest BCUT2D eigenvalue weighted by atomic mass is 10.1. The van der Waals surface area contributed by atoms with Crippen LogP contribution in [0.15, 0.2) is 35.7 Å². The lowest BCUT2D eigenvalue weighted by Gasteiger charge is -2.36. The molecular weight excluding hydrogens is 347 g/mol. The second kappa shape index (κ2) is 7.46. The largest absolute Gasteiger partial charge is 0.417 e. The van der Waals surface area contributed by atoms with Crippen LogP contribution in [-0.2, 0) is 12.6 Å². The molecule has 0 N–H and O–H groups in total. The highest BCUT2D eigenvalue weighted by Crippen LogP contribution is 2.34. The number of halogens is 3. The molecule has 0 atom stereocenters. The Hall–Kier alpha value is -2.04. The van der Waals surface area contributed by atoms with Gasteiger partial charge in [-0.3, -0.25) is 4.90 Å². The number of hydrogen-bond donors (Lipinski definition) is 0. The lowest BCUT2D eigenvalue weighted by Crippen LogP contribution is -2.47. The molecule has 0 aliphatic carbocycles. The van der Waals surface area contributed by atoms with Crippen LogP contribution in [0.2, 0.25) is 0 Å². The van der Waals surface area contributed by atoms with Gasteiger partial charge in [-0.15, -0.1) is 11.3 Å². The van der Waals surface area contributed by atoms with Gasteiger partial charge < -0.3 is 4.90 Å². The second-order valence-corrected chi connectivity index (χ2v) is 7.03. The lowest BCUT2D eigenvalue weighted by molar-refractivity contribution is -0.137. The van der Waals surface area contributed by atoms with Crippen molar-refractivity contribution in [3.8, 4) is 6.07 Å². The second-order valence-electron chi connectivity index (χ2n) is 6.00. The molecule has 3 nitrogen and oxygen atoms in total. The summed E-state index contributed by atoms with van der Waals surface area (Å²) in [5.74, 6) is 0. The van der Waals surface area contributed by atoms with E-state index in [1.807, 2.05) is 11.0 Å². The first-order valence-electron chi connectivity index (χ1n) is 8.08. The van der Waals surface area contributed by atoms with Gasteiger partial charge in [0.15, 0.2) is 0 Å². The van der Waals surface area contributed by atoms with Crippen molar-refractivity contribution >= 4 is 17.0 Å². The zero-order chi connectivity index (χ0) is 17.9. The Bertz CT molecular complexity index is 742. The van der Waals surface area contributed by atoms with Crippen LogP contribution in [-0.4, -0.2) is 37.6 Å². The standard InChI is InChI=1S/C18H18F3N3S/c19-18(20,21)17-12-15(4-3-14(17)13-22)24-9-7-23(8-10-24)6-5-16-2-1-11-25-16/h1-4,11-12H,5-10H2. The van der Waals surface area contributed by atoms with E-state index in [1.54, 1.807) is 23.5 Å². The molecular formula is C18H18F3N3S. The van der Waals surface area contributed by atoms with Crippen molar-refractivity contribution in [3.63, 3.8) is 0 Å². The third-order valence-electron chi connectivity index (χ3n) is 4.42. The maximum absolute atomic E-state index is 13.1. The predicted molar refractivity (Wildman–Crippen MR) is 92.8 cm³/mol. The molecule has 0 amide bonds. The van der Waals surface area contributed by atoms with Crippen molar-refractivity contribution in [2.24, 2.45) is 0 Å². The van der Waals surface area contributed by atoms with Crippen molar-refractivity contribution < 1.29 is 13.2 Å². The smallest absolute Gasteiger partial charge is 0.369 e. The van der Waals surface area contributed by atoms with Crippen LogP contribution in [0, 0.1) is 11.3 Å². The van der Waals surface area contributed by atoms with Gasteiger partial charge in [-0.2, -0.15) is 18.4 Å². The van der Waals surface area contributed by atoms with E-state index >= 15 is 0 Å². The van der Waals surface area contributed by atoms with Crippen molar-refractivity contribution in [1.29, 1.82) is 5.26 Å². The first-order valence-corrected chi connectivity index (χ1v) is 8.96. The molecule has 25 heavy (non-hydrogen) atoms. The van der Waals surface area contributed by atoms with Crippen LogP contribution in [0.25, 0.3) is 0 Å². The van der Waals surface area contributed by atoms with Crippen LogP contribution in [0.5, 0.6) is 0 Å². The summed E-state index contributed by atoms with van der Waals surface area (Å²) in [7, 11) is 0. The third-order valence-corrected chi connectivity index (χ3v) is 5.36. The Morgan fingerprint density at radius 3 is 2.48 bits per heavy atom. The third kappa shape index (κ3) is 4.33. The zero-order valence-electron chi connectivity index (χ0n) is 13.6. The highest BCUT2D eigenvalue weighted by atomic mass is 32.1. The molecule has 3 rings (SSSR count). The van der Waals surface area contributed by atoms with E-state index in [2.05, 4.69) is 16.3 Å². The van der Waals surface area contributed by atoms with Gasteiger partial charge in [-0.25, -0.2) is 0 Å². The number of alkyl halides is 3. The van der Waals surface area contributed by atoms with Gasteiger partial charge in [-0.1, -0.05) is 6.07 Å². The number of hydrogen-bond acceptors (Lipinski definition) is 4. The van der Waals surface area contributed by atoms with E-state index in [-0.39, 0.29) is 5.56 Å². The summed E-state index contributed by atoms with van der Waals surface area (Å²) >= 11 is 1.75. The topological polar surface area (TPSA) is 30.3 Å². The van der Waals surface area contributed by atoms with E-state index in [9.17, 15) is 13.2 Å². The number of nitriles is 1. The van der Waals surface area contributed by atoms with E-state index < -0.39 is 11.7 Å². The highest BCUT2D eigenvalue weighted by molar-refractivity contribution is 7.09. The summed E-state index contributed by atoms with van der Waals surface area (Å²) in [4.78, 5) is 5.65. The van der Waals surface area contributed by atoms with Crippen molar-refractivity contribution in [3.05, 3.63) is 51.7 Å². The van der Waals surface area contributed by atoms with Gasteiger partial charge in [0.25, 0.3) is 0 Å². The van der Waals surface area contributed by atoms with Crippen molar-refractivity contribution in [2.75, 3.05) is 37.6 Å². The van der Waals surface area contributed by atoms with Crippen LogP contribution in [0.4, 0.5) is 18.9 Å². The first kappa shape index (κ1) is 17.8. The number of rotatable bonds is 4. The van der Waals surface area contributed by atoms with E-state index in [1.165, 1.54) is 10.9 Å². The maximum atomic E-state index is 13.1. The zero-order valence-corrected chi connectivity index (χ0v) is 14.4. The molecule has 1 fully saturated rings. The summed E-state index contributed by atoms with van der Waals surface area (Å²) < 4.78 is 39.3. The first-order chi connectivity index (χ1) is 12.0. The minimum atomic E-state index is -4.51. The molecule has 0 radical (unpaired) electrons. The average molecular weight is 365 g/mol. The molecule has 2 heterocycles. The van der Waals surface area contributed by atoms with Crippen LogP contribution < -0.4 is 4.90 Å². The number of thiophene rings is 1. The summed E-state index contributed by atoms with van der Waals surface area (Å²) in [5, 5.41) is 11.0. The Balaban J connectivity index is 1.62. The van der Waals surface area contributed by atoms with E-state index in [0.717, 1.165) is 32.1 Å². The Kier molecular flexibility index (Phi) is 5.30. The van der Waals surface area contributed by atoms with E-state index in [4.69, 9.17) is 5.26 Å². The highest BCUT2D eigenvalue weighted by Gasteiger charge is 2.34. The molecule has 1 aliphatic rings. The summed E-state index contributed by atoms with van der Waals surface area (Å²) in [6, 6.07) is 9.76. The van der Waals surface area contributed by atoms with Crippen LogP contribution in [0.3, 0.4) is 0 Å². The molecule has 0 unspecified atom stereocenters. The van der Waals surface area contributed by atoms with E-state index in [0.29, 0.717) is 18.8 Å². The normalized spacial score (nSPS) is 16.0. The van der Waals surface area contributed by atoms with Crippen molar-refractivity contribution in [2.45, 2.75) is 12.6 Å². The quantitative estimate of drug-likeness (QED) is 0.820. The summed E-state index contributed by atoms with van der Waals surface area (Å²) in [5.41, 5.74) is -0.650. The number of benzene rings is 1. The molecule has 1 saturated heterocycles. The molecule has 0 bridgehead atoms. The number of piperazine rings is 1. The van der Waals surface area contributed by atoms with Gasteiger partial charge in [0.05, 0.1) is 17.2 Å². The minimum absolute atomic E-state index is 0.328. The molecule has 132 valence electrons. The minimum Gasteiger partial charge on any atom is -0.369 e. The summed E-state index contributed by atoms with van der Waals surface area (Å²) in [6.07, 6.45) is -3.50. The van der Waals surface area contributed by atoms with Gasteiger partial charge >= 0.3 is 6.18 Å². The van der Waals surface area contributed by atoms with Crippen molar-refractivity contribution in [1.82, 2.24) is 4.90 Å². The Morgan fingerprint density at radius 2 is 1.88 bits per heavy atom. The molecule has 2 aromatic rings. The Labute approximate surface area is 148 Å². The van der Waals surface area contributed by atoms with Crippen LogP contribution >= 0.6 is 11.3 Å². The molecule has 0 spiro atoms. The molecule has 0 saturated carbocycles. The van der Waals surface area contributed by atoms with Gasteiger partial charge in [0.1, 0.15) is 0 Å². The predicted octanol–water partition coefficient (Wildman–Crippen LogP) is 4.00. The Morgan fingerprint density at radius 1 is 1.12 bits per heavy atom. The monoisotopic (exact) mass is 365 g/mol. The number of anilines is 1. The molecule has 1 aliphatic heterocycles. The van der Waals surface area contributed by atoms with Gasteiger partial charge in [-0.05, 0) is 36.1 Å². The fourth-order valence-electron chi connectivity index (χ4n) is 3.01. The fourth-order valence-corrected chi connectivity index (χ4v) is 3.71. The molecule has 7 heteroatoms. The summed E-state index contributed by atoms with van der Waals surface area (Å²) in [6.45, 7) is 4.00. The SMILES string of the molecule is N#Cc1ccc(N2CCN(CCc3cccs3)CC2)cc1C(F)(F)F.